The quantitative estimate of drug-likeness (QED) is 0.189. The second-order valence-corrected chi connectivity index (χ2v) is 5.36. The van der Waals surface area contributed by atoms with Crippen LogP contribution in [0.4, 0.5) is 0 Å². The van der Waals surface area contributed by atoms with Crippen LogP contribution in [0.25, 0.3) is 0 Å². The maximum atomic E-state index is 5.71. The number of quaternary nitrogens is 1. The molecule has 0 aliphatic carbocycles. The van der Waals surface area contributed by atoms with Crippen LogP contribution < -0.4 is 30.7 Å². The Hall–Kier alpha value is 0.650. The molecule has 1 saturated heterocycles. The van der Waals surface area contributed by atoms with Gasteiger partial charge in [0.1, 0.15) is 0 Å². The summed E-state index contributed by atoms with van der Waals surface area (Å²) in [6.45, 7) is 2.28. The van der Waals surface area contributed by atoms with Crippen molar-refractivity contribution in [1.82, 2.24) is 0 Å². The molecule has 2 atom stereocenters. The molecule has 0 amide bonds. The summed E-state index contributed by atoms with van der Waals surface area (Å²) < 4.78 is 3.01. The van der Waals surface area contributed by atoms with E-state index in [-0.39, 0.29) is 21.5 Å². The molecule has 0 aromatic rings. The van der Waals surface area contributed by atoms with Crippen LogP contribution >= 0.6 is 0 Å². The van der Waals surface area contributed by atoms with E-state index in [0.717, 1.165) is 6.04 Å². The van der Waals surface area contributed by atoms with Crippen molar-refractivity contribution in [3.8, 4) is 0 Å². The van der Waals surface area contributed by atoms with Crippen molar-refractivity contribution < 1.29 is 25.0 Å². The fourth-order valence-electron chi connectivity index (χ4n) is 0.766. The summed E-state index contributed by atoms with van der Waals surface area (Å²) in [5.41, 5.74) is 5.71. The van der Waals surface area contributed by atoms with Gasteiger partial charge in [-0.05, 0) is 0 Å². The van der Waals surface area contributed by atoms with Gasteiger partial charge < -0.3 is 0 Å². The topological polar surface area (TPSA) is 42.6 Å². The molecule has 0 aromatic carbocycles. The van der Waals surface area contributed by atoms with E-state index in [2.05, 4.69) is 10.5 Å². The first-order chi connectivity index (χ1) is 3.79. The van der Waals surface area contributed by atoms with Gasteiger partial charge in [0.05, 0.1) is 0 Å². The van der Waals surface area contributed by atoms with Crippen LogP contribution in [0, 0.1) is 0 Å². The Kier molecular flexibility index (Phi) is 2.52. The van der Waals surface area contributed by atoms with Crippen molar-refractivity contribution in [2.45, 2.75) is 29.9 Å². The fourth-order valence-corrected chi connectivity index (χ4v) is 3.09. The fraction of sp³-hybridized carbons (Fsp3) is 1.00. The number of nitrogens with two attached hydrogens (primary N) is 2. The Balaban J connectivity index is 2.19. The Morgan fingerprint density at radius 3 is 2.75 bits per heavy atom. The van der Waals surface area contributed by atoms with Crippen LogP contribution in [-0.2, 0) is 0 Å². The third kappa shape index (κ3) is 1.87. The van der Waals surface area contributed by atoms with Gasteiger partial charge in [-0.2, -0.15) is 0 Å². The molecule has 1 rings (SSSR count). The molecule has 0 radical (unpaired) electrons. The average molecular weight is 228 g/mol. The van der Waals surface area contributed by atoms with Gasteiger partial charge in [0.25, 0.3) is 0 Å². The molecule has 1 heterocycles. The van der Waals surface area contributed by atoms with E-state index in [1.807, 2.05) is 0 Å². The summed E-state index contributed by atoms with van der Waals surface area (Å²) in [5, 5.41) is 0. The zero-order chi connectivity index (χ0) is 5.98. The molecular weight excluding hydrogens is 215 g/mol. The number of hydrogen-bond acceptors (Lipinski definition) is 1. The first-order valence-electron chi connectivity index (χ1n) is 3.00. The predicted octanol–water partition coefficient (Wildman–Crippen LogP) is -3.98. The van der Waals surface area contributed by atoms with Crippen molar-refractivity contribution in [3.63, 3.8) is 0 Å². The molecule has 0 bridgehead atoms. The van der Waals surface area contributed by atoms with E-state index in [0.29, 0.717) is 4.05 Å². The van der Waals surface area contributed by atoms with E-state index >= 15 is 0 Å². The first kappa shape index (κ1) is 6.77. The van der Waals surface area contributed by atoms with Gasteiger partial charge in [-0.1, -0.05) is 0 Å². The predicted molar refractivity (Wildman–Crippen MR) is 28.6 cm³/mol. The van der Waals surface area contributed by atoms with Crippen LogP contribution in [0.5, 0.6) is 0 Å². The second kappa shape index (κ2) is 2.98. The van der Waals surface area contributed by atoms with Crippen molar-refractivity contribution in [2.24, 2.45) is 5.73 Å². The van der Waals surface area contributed by atoms with Crippen molar-refractivity contribution in [3.05, 3.63) is 0 Å². The van der Waals surface area contributed by atoms with Crippen molar-refractivity contribution in [1.29, 1.82) is 0 Å². The SMILES string of the molecule is CC1CCC(N)[I-][NH2+]1. The molecule has 8 heavy (non-hydrogen) atoms. The summed E-state index contributed by atoms with van der Waals surface area (Å²) in [4.78, 5) is 0. The van der Waals surface area contributed by atoms with E-state index in [1.54, 1.807) is 0 Å². The zero-order valence-corrected chi connectivity index (χ0v) is 7.26. The van der Waals surface area contributed by atoms with Gasteiger partial charge in [0.2, 0.25) is 0 Å². The van der Waals surface area contributed by atoms with Crippen molar-refractivity contribution in [2.75, 3.05) is 0 Å². The molecule has 1 aliphatic heterocycles. The van der Waals surface area contributed by atoms with Crippen LogP contribution in [0.15, 0.2) is 0 Å². The zero-order valence-electron chi connectivity index (χ0n) is 5.10. The van der Waals surface area contributed by atoms with Crippen LogP contribution in [0.2, 0.25) is 0 Å². The van der Waals surface area contributed by atoms with Gasteiger partial charge >= 0.3 is 60.6 Å². The molecule has 3 heteroatoms. The molecule has 0 aromatic heterocycles. The van der Waals surface area contributed by atoms with Gasteiger partial charge in [-0.25, -0.2) is 0 Å². The molecule has 2 unspecified atom stereocenters. The van der Waals surface area contributed by atoms with Crippen molar-refractivity contribution >= 4 is 0 Å². The monoisotopic (exact) mass is 228 g/mol. The summed E-state index contributed by atoms with van der Waals surface area (Å²) in [7, 11) is 0. The van der Waals surface area contributed by atoms with Gasteiger partial charge in [0.15, 0.2) is 0 Å². The summed E-state index contributed by atoms with van der Waals surface area (Å²) in [5.74, 6) is 0. The standard InChI is InChI=1S/C5H13IN2/c1-4-2-3-5(7)6-8-4/h4-5H,2-3,7-8H2,1H3. The Morgan fingerprint density at radius 2 is 2.38 bits per heavy atom. The van der Waals surface area contributed by atoms with Gasteiger partial charge in [-0.3, -0.25) is 0 Å². The third-order valence-electron chi connectivity index (χ3n) is 1.35. The van der Waals surface area contributed by atoms with E-state index in [4.69, 9.17) is 5.73 Å². The molecule has 0 saturated carbocycles. The van der Waals surface area contributed by atoms with Crippen LogP contribution in [-0.4, -0.2) is 10.1 Å². The van der Waals surface area contributed by atoms with E-state index < -0.39 is 0 Å². The molecule has 0 spiro atoms. The molecule has 2 nitrogen and oxygen atoms in total. The molecule has 1 aliphatic rings. The normalized spacial score (nSPS) is 40.8. The number of alkyl halides is 1. The Morgan fingerprint density at radius 1 is 1.62 bits per heavy atom. The summed E-state index contributed by atoms with van der Waals surface area (Å²) >= 11 is 0.264. The Labute approximate surface area is 60.8 Å². The van der Waals surface area contributed by atoms with E-state index in [1.165, 1.54) is 12.8 Å². The van der Waals surface area contributed by atoms with E-state index in [9.17, 15) is 0 Å². The second-order valence-electron chi connectivity index (χ2n) is 2.32. The number of rotatable bonds is 0. The average Bonchev–Trinajstić information content (AvgIpc) is 1.77. The molecule has 4 N–H and O–H groups in total. The van der Waals surface area contributed by atoms with Crippen LogP contribution in [0.1, 0.15) is 19.8 Å². The van der Waals surface area contributed by atoms with Gasteiger partial charge in [0, 0.05) is 0 Å². The number of halogens is 1. The molecule has 50 valence electrons. The Bertz CT molecular complexity index is 58.8. The number of hydrogen-bond donors (Lipinski definition) is 2. The van der Waals surface area contributed by atoms with Crippen LogP contribution in [0.3, 0.4) is 0 Å². The minimum absolute atomic E-state index is 0.264. The summed E-state index contributed by atoms with van der Waals surface area (Å²) in [6, 6.07) is 0.864. The molecule has 1 fully saturated rings. The first-order valence-corrected chi connectivity index (χ1v) is 5.49. The molecular formula is C5H13IN2. The minimum atomic E-state index is 0.264. The third-order valence-corrected chi connectivity index (χ3v) is 4.54. The van der Waals surface area contributed by atoms with Gasteiger partial charge in [-0.15, -0.1) is 0 Å². The summed E-state index contributed by atoms with van der Waals surface area (Å²) in [6.07, 6.45) is 2.59. The maximum absolute atomic E-state index is 5.71.